The van der Waals surface area contributed by atoms with Crippen LogP contribution in [0.3, 0.4) is 0 Å². The summed E-state index contributed by atoms with van der Waals surface area (Å²) in [7, 11) is -3.65. The maximum absolute atomic E-state index is 12.3. The summed E-state index contributed by atoms with van der Waals surface area (Å²) in [5, 5.41) is 8.72. The van der Waals surface area contributed by atoms with Crippen LogP contribution in [-0.4, -0.2) is 8.42 Å². The van der Waals surface area contributed by atoms with Crippen LogP contribution in [0.15, 0.2) is 53.4 Å². The van der Waals surface area contributed by atoms with Gasteiger partial charge in [-0.1, -0.05) is 12.1 Å². The lowest BCUT2D eigenvalue weighted by atomic mass is 10.1. The summed E-state index contributed by atoms with van der Waals surface area (Å²) >= 11 is 0. The Bertz CT molecular complexity index is 777. The molecule has 1 unspecified atom stereocenters. The van der Waals surface area contributed by atoms with E-state index in [0.717, 1.165) is 5.56 Å². The van der Waals surface area contributed by atoms with E-state index in [1.165, 1.54) is 24.3 Å². The average Bonchev–Trinajstić information content (AvgIpc) is 2.47. The molecule has 0 heterocycles. The summed E-state index contributed by atoms with van der Waals surface area (Å²) in [4.78, 5) is 0.122. The number of hydrogen-bond donors (Lipinski definition) is 2. The van der Waals surface area contributed by atoms with Crippen LogP contribution in [0, 0.1) is 11.3 Å². The van der Waals surface area contributed by atoms with Crippen molar-refractivity contribution < 1.29 is 8.42 Å². The molecule has 0 saturated heterocycles. The molecule has 2 aromatic rings. The van der Waals surface area contributed by atoms with Crippen molar-refractivity contribution in [3.63, 3.8) is 0 Å². The van der Waals surface area contributed by atoms with E-state index in [-0.39, 0.29) is 4.90 Å². The molecule has 5 nitrogen and oxygen atoms in total. The van der Waals surface area contributed by atoms with Gasteiger partial charge in [0.2, 0.25) is 10.0 Å². The SMILES string of the molecule is CC(NS(=O)(=O)c1ccc(C#N)cc1)c1cccc(N)c1. The highest BCUT2D eigenvalue weighted by molar-refractivity contribution is 7.89. The fraction of sp³-hybridized carbons (Fsp3) is 0.133. The number of nitrogens with zero attached hydrogens (tertiary/aromatic N) is 1. The summed E-state index contributed by atoms with van der Waals surface area (Å²) in [6, 6.07) is 14.4. The Balaban J connectivity index is 2.22. The largest absolute Gasteiger partial charge is 0.399 e. The van der Waals surface area contributed by atoms with Gasteiger partial charge in [0.15, 0.2) is 0 Å². The molecule has 0 spiro atoms. The molecule has 21 heavy (non-hydrogen) atoms. The van der Waals surface area contributed by atoms with Crippen molar-refractivity contribution in [1.29, 1.82) is 5.26 Å². The molecule has 1 atom stereocenters. The van der Waals surface area contributed by atoms with Crippen molar-refractivity contribution in [2.45, 2.75) is 17.9 Å². The van der Waals surface area contributed by atoms with Crippen LogP contribution in [-0.2, 0) is 10.0 Å². The van der Waals surface area contributed by atoms with Crippen LogP contribution < -0.4 is 10.5 Å². The molecular weight excluding hydrogens is 286 g/mol. The van der Waals surface area contributed by atoms with E-state index in [9.17, 15) is 8.42 Å². The smallest absolute Gasteiger partial charge is 0.241 e. The average molecular weight is 301 g/mol. The standard InChI is InChI=1S/C15H15N3O2S/c1-11(13-3-2-4-14(17)9-13)18-21(19,20)15-7-5-12(10-16)6-8-15/h2-9,11,18H,17H2,1H3. The predicted octanol–water partition coefficient (Wildman–Crippen LogP) is 2.18. The summed E-state index contributed by atoms with van der Waals surface area (Å²) < 4.78 is 27.1. The Hall–Kier alpha value is -2.36. The van der Waals surface area contributed by atoms with Gasteiger partial charge in [0, 0.05) is 11.7 Å². The minimum absolute atomic E-state index is 0.122. The van der Waals surface area contributed by atoms with Gasteiger partial charge in [0.25, 0.3) is 0 Å². The highest BCUT2D eigenvalue weighted by Crippen LogP contribution is 2.19. The summed E-state index contributed by atoms with van der Waals surface area (Å²) in [6.45, 7) is 1.75. The Morgan fingerprint density at radius 1 is 1.19 bits per heavy atom. The fourth-order valence-electron chi connectivity index (χ4n) is 1.91. The number of anilines is 1. The summed E-state index contributed by atoms with van der Waals surface area (Å²) in [6.07, 6.45) is 0. The van der Waals surface area contributed by atoms with Gasteiger partial charge in [0.1, 0.15) is 0 Å². The first-order valence-electron chi connectivity index (χ1n) is 6.30. The second-order valence-electron chi connectivity index (χ2n) is 4.65. The topological polar surface area (TPSA) is 96.0 Å². The lowest BCUT2D eigenvalue weighted by molar-refractivity contribution is 0.567. The van der Waals surface area contributed by atoms with Crippen molar-refractivity contribution in [2.75, 3.05) is 5.73 Å². The van der Waals surface area contributed by atoms with Gasteiger partial charge in [-0.25, -0.2) is 13.1 Å². The Labute approximate surface area is 124 Å². The van der Waals surface area contributed by atoms with Crippen molar-refractivity contribution >= 4 is 15.7 Å². The molecule has 0 aliphatic carbocycles. The zero-order valence-corrected chi connectivity index (χ0v) is 12.3. The van der Waals surface area contributed by atoms with Gasteiger partial charge < -0.3 is 5.73 Å². The number of rotatable bonds is 4. The molecular formula is C15H15N3O2S. The molecule has 6 heteroatoms. The van der Waals surface area contributed by atoms with Crippen LogP contribution in [0.5, 0.6) is 0 Å². The van der Waals surface area contributed by atoms with Gasteiger partial charge in [-0.15, -0.1) is 0 Å². The number of hydrogen-bond acceptors (Lipinski definition) is 4. The van der Waals surface area contributed by atoms with E-state index in [2.05, 4.69) is 4.72 Å². The van der Waals surface area contributed by atoms with Crippen molar-refractivity contribution in [1.82, 2.24) is 4.72 Å². The number of nitrogens with one attached hydrogen (secondary N) is 1. The van der Waals surface area contributed by atoms with Gasteiger partial charge in [-0.2, -0.15) is 5.26 Å². The predicted molar refractivity (Wildman–Crippen MR) is 80.7 cm³/mol. The second kappa shape index (κ2) is 5.95. The third kappa shape index (κ3) is 3.60. The molecule has 0 aliphatic heterocycles. The third-order valence-corrected chi connectivity index (χ3v) is 4.59. The van der Waals surface area contributed by atoms with E-state index in [1.807, 2.05) is 12.1 Å². The molecule has 3 N–H and O–H groups in total. The second-order valence-corrected chi connectivity index (χ2v) is 6.36. The fourth-order valence-corrected chi connectivity index (χ4v) is 3.14. The molecule has 0 fully saturated rings. The number of nitrogens with two attached hydrogens (primary N) is 1. The number of nitrogen functional groups attached to an aromatic ring is 1. The zero-order chi connectivity index (χ0) is 15.5. The zero-order valence-electron chi connectivity index (χ0n) is 11.4. The summed E-state index contributed by atoms with van der Waals surface area (Å²) in [5.74, 6) is 0. The normalized spacial score (nSPS) is 12.6. The van der Waals surface area contributed by atoms with E-state index < -0.39 is 16.1 Å². The highest BCUT2D eigenvalue weighted by atomic mass is 32.2. The lowest BCUT2D eigenvalue weighted by Gasteiger charge is -2.15. The van der Waals surface area contributed by atoms with Crippen LogP contribution in [0.25, 0.3) is 0 Å². The quantitative estimate of drug-likeness (QED) is 0.846. The first-order valence-corrected chi connectivity index (χ1v) is 7.78. The first kappa shape index (κ1) is 15.0. The number of sulfonamides is 1. The number of benzene rings is 2. The minimum Gasteiger partial charge on any atom is -0.399 e. The first-order chi connectivity index (χ1) is 9.92. The molecule has 2 aromatic carbocycles. The number of nitriles is 1. The van der Waals surface area contributed by atoms with E-state index in [4.69, 9.17) is 11.0 Å². The molecule has 0 aliphatic rings. The van der Waals surface area contributed by atoms with Gasteiger partial charge in [-0.3, -0.25) is 0 Å². The van der Waals surface area contributed by atoms with E-state index in [1.54, 1.807) is 25.1 Å². The van der Waals surface area contributed by atoms with Crippen LogP contribution in [0.4, 0.5) is 5.69 Å². The van der Waals surface area contributed by atoms with Crippen molar-refractivity contribution in [3.05, 3.63) is 59.7 Å². The van der Waals surface area contributed by atoms with Crippen LogP contribution >= 0.6 is 0 Å². The lowest BCUT2D eigenvalue weighted by Crippen LogP contribution is -2.26. The molecule has 2 rings (SSSR count). The Kier molecular flexibility index (Phi) is 4.26. The monoisotopic (exact) mass is 301 g/mol. The molecule has 0 radical (unpaired) electrons. The van der Waals surface area contributed by atoms with Crippen LogP contribution in [0.2, 0.25) is 0 Å². The van der Waals surface area contributed by atoms with Gasteiger partial charge >= 0.3 is 0 Å². The maximum atomic E-state index is 12.3. The Morgan fingerprint density at radius 3 is 2.43 bits per heavy atom. The van der Waals surface area contributed by atoms with Crippen LogP contribution in [0.1, 0.15) is 24.1 Å². The van der Waals surface area contributed by atoms with Gasteiger partial charge in [0.05, 0.1) is 16.5 Å². The van der Waals surface area contributed by atoms with Crippen molar-refractivity contribution in [2.24, 2.45) is 0 Å². The van der Waals surface area contributed by atoms with Crippen molar-refractivity contribution in [3.8, 4) is 6.07 Å². The summed E-state index contributed by atoms with van der Waals surface area (Å²) in [5.41, 5.74) is 7.47. The van der Waals surface area contributed by atoms with E-state index >= 15 is 0 Å². The molecule has 0 amide bonds. The molecule has 0 bridgehead atoms. The minimum atomic E-state index is -3.65. The Morgan fingerprint density at radius 2 is 1.86 bits per heavy atom. The van der Waals surface area contributed by atoms with E-state index in [0.29, 0.717) is 11.3 Å². The molecule has 0 aromatic heterocycles. The maximum Gasteiger partial charge on any atom is 0.241 e. The molecule has 0 saturated carbocycles. The molecule has 108 valence electrons. The van der Waals surface area contributed by atoms with Gasteiger partial charge in [-0.05, 0) is 48.9 Å². The third-order valence-electron chi connectivity index (χ3n) is 3.04. The highest BCUT2D eigenvalue weighted by Gasteiger charge is 2.18.